The van der Waals surface area contributed by atoms with Crippen molar-refractivity contribution in [2.24, 2.45) is 0 Å². The molecular formula is C16H18N2O4S. The van der Waals surface area contributed by atoms with Crippen LogP contribution in [0.1, 0.15) is 19.3 Å². The van der Waals surface area contributed by atoms with Crippen LogP contribution in [0.3, 0.4) is 0 Å². The zero-order valence-electron chi connectivity index (χ0n) is 12.7. The van der Waals surface area contributed by atoms with Crippen LogP contribution < -0.4 is 0 Å². The Balaban J connectivity index is 1.43. The highest BCUT2D eigenvalue weighted by Crippen LogP contribution is 2.23. The molecule has 0 radical (unpaired) electrons. The SMILES string of the molecule is O=C(CSc1nc2ccccc2o1)OCC(=O)N1CCCCC1. The molecule has 2 heterocycles. The predicted octanol–water partition coefficient (Wildman–Crippen LogP) is 2.48. The van der Waals surface area contributed by atoms with Gasteiger partial charge in [0.2, 0.25) is 0 Å². The maximum Gasteiger partial charge on any atom is 0.316 e. The molecule has 122 valence electrons. The number of likely N-dealkylation sites (tertiary alicyclic amines) is 1. The highest BCUT2D eigenvalue weighted by atomic mass is 32.2. The van der Waals surface area contributed by atoms with E-state index in [-0.39, 0.29) is 18.3 Å². The lowest BCUT2D eigenvalue weighted by molar-refractivity contribution is -0.150. The molecule has 0 unspecified atom stereocenters. The fourth-order valence-electron chi connectivity index (χ4n) is 2.45. The zero-order valence-corrected chi connectivity index (χ0v) is 13.5. The average molecular weight is 334 g/mol. The molecule has 0 bridgehead atoms. The minimum Gasteiger partial charge on any atom is -0.455 e. The number of para-hydroxylation sites is 2. The van der Waals surface area contributed by atoms with E-state index in [2.05, 4.69) is 4.98 Å². The molecule has 0 aliphatic carbocycles. The number of fused-ring (bicyclic) bond motifs is 1. The summed E-state index contributed by atoms with van der Waals surface area (Å²) < 4.78 is 10.5. The molecule has 3 rings (SSSR count). The number of carbonyl (C=O) groups is 2. The molecule has 23 heavy (non-hydrogen) atoms. The van der Waals surface area contributed by atoms with Crippen molar-refractivity contribution in [3.8, 4) is 0 Å². The first-order valence-corrected chi connectivity index (χ1v) is 8.63. The van der Waals surface area contributed by atoms with Crippen LogP contribution in [0.5, 0.6) is 0 Å². The first kappa shape index (κ1) is 15.9. The van der Waals surface area contributed by atoms with Gasteiger partial charge in [-0.15, -0.1) is 0 Å². The Morgan fingerprint density at radius 1 is 1.22 bits per heavy atom. The Morgan fingerprint density at radius 3 is 2.78 bits per heavy atom. The molecule has 0 atom stereocenters. The number of thioether (sulfide) groups is 1. The zero-order chi connectivity index (χ0) is 16.1. The Hall–Kier alpha value is -2.02. The third-order valence-corrected chi connectivity index (χ3v) is 4.45. The topological polar surface area (TPSA) is 72.6 Å². The van der Waals surface area contributed by atoms with Crippen LogP contribution in [0.25, 0.3) is 11.1 Å². The smallest absolute Gasteiger partial charge is 0.316 e. The van der Waals surface area contributed by atoms with Gasteiger partial charge in [0.05, 0.1) is 0 Å². The van der Waals surface area contributed by atoms with Gasteiger partial charge in [-0.3, -0.25) is 9.59 Å². The fourth-order valence-corrected chi connectivity index (χ4v) is 3.09. The Kier molecular flexibility index (Phi) is 5.17. The molecule has 1 aliphatic heterocycles. The second-order valence-corrected chi connectivity index (χ2v) is 6.26. The average Bonchev–Trinajstić information content (AvgIpc) is 3.01. The highest BCUT2D eigenvalue weighted by Gasteiger charge is 2.18. The maximum atomic E-state index is 11.9. The number of hydrogen-bond acceptors (Lipinski definition) is 6. The first-order chi connectivity index (χ1) is 11.2. The van der Waals surface area contributed by atoms with Crippen LogP contribution in [0.4, 0.5) is 0 Å². The molecule has 1 aliphatic rings. The number of piperidine rings is 1. The summed E-state index contributed by atoms with van der Waals surface area (Å²) in [6, 6.07) is 7.41. The van der Waals surface area contributed by atoms with E-state index in [0.717, 1.165) is 49.6 Å². The molecule has 6 nitrogen and oxygen atoms in total. The molecule has 0 N–H and O–H groups in total. The van der Waals surface area contributed by atoms with Crippen LogP contribution in [-0.2, 0) is 14.3 Å². The van der Waals surface area contributed by atoms with Crippen molar-refractivity contribution in [2.75, 3.05) is 25.4 Å². The van der Waals surface area contributed by atoms with Crippen molar-refractivity contribution < 1.29 is 18.7 Å². The molecule has 1 amide bonds. The number of aromatic nitrogens is 1. The quantitative estimate of drug-likeness (QED) is 0.618. The lowest BCUT2D eigenvalue weighted by atomic mass is 10.1. The summed E-state index contributed by atoms with van der Waals surface area (Å²) in [7, 11) is 0. The molecule has 2 aromatic rings. The number of esters is 1. The van der Waals surface area contributed by atoms with Crippen molar-refractivity contribution in [3.05, 3.63) is 24.3 Å². The third kappa shape index (κ3) is 4.25. The van der Waals surface area contributed by atoms with E-state index in [1.54, 1.807) is 4.90 Å². The third-order valence-electron chi connectivity index (χ3n) is 3.65. The van der Waals surface area contributed by atoms with Gasteiger partial charge in [0.25, 0.3) is 11.1 Å². The van der Waals surface area contributed by atoms with Crippen molar-refractivity contribution >= 4 is 34.7 Å². The molecule has 1 aromatic carbocycles. The van der Waals surface area contributed by atoms with E-state index in [0.29, 0.717) is 10.8 Å². The summed E-state index contributed by atoms with van der Waals surface area (Å²) >= 11 is 1.16. The molecule has 1 fully saturated rings. The second-order valence-electron chi connectivity index (χ2n) is 5.34. The van der Waals surface area contributed by atoms with Crippen molar-refractivity contribution in [1.29, 1.82) is 0 Å². The minimum atomic E-state index is -0.442. The molecule has 1 saturated heterocycles. The van der Waals surface area contributed by atoms with Gasteiger partial charge in [-0.1, -0.05) is 23.9 Å². The number of amides is 1. The Morgan fingerprint density at radius 2 is 2.00 bits per heavy atom. The largest absolute Gasteiger partial charge is 0.455 e. The van der Waals surface area contributed by atoms with Gasteiger partial charge < -0.3 is 14.1 Å². The van der Waals surface area contributed by atoms with Crippen molar-refractivity contribution in [1.82, 2.24) is 9.88 Å². The van der Waals surface area contributed by atoms with Gasteiger partial charge in [0.1, 0.15) is 11.3 Å². The molecular weight excluding hydrogens is 316 g/mol. The van der Waals surface area contributed by atoms with E-state index in [9.17, 15) is 9.59 Å². The summed E-state index contributed by atoms with van der Waals surface area (Å²) in [5, 5.41) is 0.422. The lowest BCUT2D eigenvalue weighted by Gasteiger charge is -2.26. The minimum absolute atomic E-state index is 0.0695. The van der Waals surface area contributed by atoms with Crippen LogP contribution >= 0.6 is 11.8 Å². The van der Waals surface area contributed by atoms with Crippen molar-refractivity contribution in [3.63, 3.8) is 0 Å². The summed E-state index contributed by atoms with van der Waals surface area (Å²) in [6.07, 6.45) is 3.20. The molecule has 0 saturated carbocycles. The fraction of sp³-hybridized carbons (Fsp3) is 0.438. The normalized spacial score (nSPS) is 14.9. The number of oxazole rings is 1. The Labute approximate surface area is 138 Å². The monoisotopic (exact) mass is 334 g/mol. The van der Waals surface area contributed by atoms with Crippen molar-refractivity contribution in [2.45, 2.75) is 24.5 Å². The number of nitrogens with zero attached hydrogens (tertiary/aromatic N) is 2. The van der Waals surface area contributed by atoms with Crippen LogP contribution in [0.15, 0.2) is 33.9 Å². The second kappa shape index (κ2) is 7.50. The Bertz CT molecular complexity index is 661. The molecule has 1 aromatic heterocycles. The van der Waals surface area contributed by atoms with E-state index in [4.69, 9.17) is 9.15 Å². The predicted molar refractivity (Wildman–Crippen MR) is 86.1 cm³/mol. The first-order valence-electron chi connectivity index (χ1n) is 7.64. The summed E-state index contributed by atoms with van der Waals surface area (Å²) in [4.78, 5) is 29.7. The summed E-state index contributed by atoms with van der Waals surface area (Å²) in [5.41, 5.74) is 1.44. The van der Waals surface area contributed by atoms with E-state index < -0.39 is 5.97 Å². The number of benzene rings is 1. The van der Waals surface area contributed by atoms with E-state index >= 15 is 0 Å². The van der Waals surface area contributed by atoms with Crippen LogP contribution in [-0.4, -0.2) is 47.2 Å². The van der Waals surface area contributed by atoms with Gasteiger partial charge in [-0.25, -0.2) is 4.98 Å². The van der Waals surface area contributed by atoms with Gasteiger partial charge in [0.15, 0.2) is 12.2 Å². The van der Waals surface area contributed by atoms with Gasteiger partial charge in [-0.2, -0.15) is 0 Å². The highest BCUT2D eigenvalue weighted by molar-refractivity contribution is 7.99. The van der Waals surface area contributed by atoms with Gasteiger partial charge >= 0.3 is 5.97 Å². The maximum absolute atomic E-state index is 11.9. The molecule has 0 spiro atoms. The van der Waals surface area contributed by atoms with Crippen LogP contribution in [0, 0.1) is 0 Å². The van der Waals surface area contributed by atoms with E-state index in [1.165, 1.54) is 0 Å². The summed E-state index contributed by atoms with van der Waals surface area (Å²) in [5.74, 6) is -0.493. The summed E-state index contributed by atoms with van der Waals surface area (Å²) in [6.45, 7) is 1.33. The molecule has 7 heteroatoms. The van der Waals surface area contributed by atoms with Gasteiger partial charge in [0, 0.05) is 13.1 Å². The van der Waals surface area contributed by atoms with E-state index in [1.807, 2.05) is 24.3 Å². The number of rotatable bonds is 5. The number of carbonyl (C=O) groups excluding carboxylic acids is 2. The standard InChI is InChI=1S/C16H18N2O4S/c19-14(18-8-4-1-5-9-18)10-21-15(20)11-23-16-17-12-6-2-3-7-13(12)22-16/h2-3,6-7H,1,4-5,8-11H2. The number of hydrogen-bond donors (Lipinski definition) is 0. The lowest BCUT2D eigenvalue weighted by Crippen LogP contribution is -2.38. The van der Waals surface area contributed by atoms with Crippen LogP contribution in [0.2, 0.25) is 0 Å². The number of ether oxygens (including phenoxy) is 1. The van der Waals surface area contributed by atoms with Gasteiger partial charge in [-0.05, 0) is 31.4 Å².